The Kier molecular flexibility index (Phi) is 9.87. The van der Waals surface area contributed by atoms with Gasteiger partial charge in [0.05, 0.1) is 12.6 Å². The van der Waals surface area contributed by atoms with Gasteiger partial charge in [0.2, 0.25) is 0 Å². The van der Waals surface area contributed by atoms with Gasteiger partial charge in [0, 0.05) is 12.3 Å². The van der Waals surface area contributed by atoms with Crippen LogP contribution in [0.2, 0.25) is 5.04 Å². The van der Waals surface area contributed by atoms with Crippen LogP contribution in [0.3, 0.4) is 0 Å². The number of carbonyl (C=O) groups is 2. The Morgan fingerprint density at radius 3 is 1.74 bits per heavy atom. The molecule has 0 radical (unpaired) electrons. The van der Waals surface area contributed by atoms with E-state index in [2.05, 4.69) is 50.4 Å². The van der Waals surface area contributed by atoms with Crippen molar-refractivity contribution in [2.45, 2.75) is 84.9 Å². The van der Waals surface area contributed by atoms with Crippen molar-refractivity contribution in [3.05, 3.63) is 60.7 Å². The molecule has 5 nitrogen and oxygen atoms in total. The molecule has 0 aliphatic heterocycles. The van der Waals surface area contributed by atoms with E-state index in [4.69, 9.17) is 9.16 Å². The van der Waals surface area contributed by atoms with Crippen LogP contribution in [0, 0.1) is 5.92 Å². The number of hydrogen-bond donors (Lipinski definition) is 1. The molecule has 0 bridgehead atoms. The van der Waals surface area contributed by atoms with Gasteiger partial charge < -0.3 is 14.5 Å². The summed E-state index contributed by atoms with van der Waals surface area (Å²) in [7, 11) is -2.77. The van der Waals surface area contributed by atoms with E-state index in [1.165, 1.54) is 10.4 Å². The molecule has 0 aromatic heterocycles. The molecule has 2 aromatic rings. The lowest BCUT2D eigenvalue weighted by atomic mass is 10.0. The summed E-state index contributed by atoms with van der Waals surface area (Å²) in [6.45, 7) is 16.3. The van der Waals surface area contributed by atoms with Crippen molar-refractivity contribution in [1.82, 2.24) is 5.32 Å². The summed E-state index contributed by atoms with van der Waals surface area (Å²) in [4.78, 5) is 25.0. The topological polar surface area (TPSA) is 64.6 Å². The normalized spacial score (nSPS) is 13.4. The van der Waals surface area contributed by atoms with Crippen LogP contribution in [-0.4, -0.2) is 38.4 Å². The minimum Gasteiger partial charge on any atom is -0.444 e. The lowest BCUT2D eigenvalue weighted by molar-refractivity contribution is -0.122. The second kappa shape index (κ2) is 12.0. The summed E-state index contributed by atoms with van der Waals surface area (Å²) in [5.74, 6) is 0.126. The van der Waals surface area contributed by atoms with Gasteiger partial charge >= 0.3 is 6.09 Å². The van der Waals surface area contributed by atoms with Crippen molar-refractivity contribution in [1.29, 1.82) is 0 Å². The summed E-state index contributed by atoms with van der Waals surface area (Å²) in [6.07, 6.45) is 0.377. The SMILES string of the molecule is CC(C)C(=O)CC[C@@H](CO[Si](c1ccccc1)(c1ccccc1)C(C)(C)C)NC(=O)OC(C)(C)C. The third kappa shape index (κ3) is 8.04. The summed E-state index contributed by atoms with van der Waals surface area (Å²) < 4.78 is 12.5. The van der Waals surface area contributed by atoms with Gasteiger partial charge in [-0.15, -0.1) is 0 Å². The molecule has 6 heteroatoms. The van der Waals surface area contributed by atoms with Gasteiger partial charge in [-0.3, -0.25) is 4.79 Å². The Morgan fingerprint density at radius 1 is 0.857 bits per heavy atom. The van der Waals surface area contributed by atoms with Gasteiger partial charge in [-0.05, 0) is 42.6 Å². The van der Waals surface area contributed by atoms with E-state index < -0.39 is 20.0 Å². The standard InChI is InChI=1S/C29H43NO4Si/c1-22(2)26(31)20-19-23(30-27(32)34-28(3,4)5)21-33-35(29(6,7)8,24-15-11-9-12-16-24)25-17-13-10-14-18-25/h9-18,22-23H,19-21H2,1-8H3,(H,30,32)/t23-/m0/s1. The van der Waals surface area contributed by atoms with Crippen LogP contribution in [0.15, 0.2) is 60.7 Å². The quantitative estimate of drug-likeness (QED) is 0.443. The number of Topliss-reactive ketones (excluding diaryl/α,β-unsaturated/α-hetero) is 1. The number of ether oxygens (including phenoxy) is 1. The van der Waals surface area contributed by atoms with Gasteiger partial charge in [-0.25, -0.2) is 4.79 Å². The maximum atomic E-state index is 12.6. The molecule has 2 aromatic carbocycles. The number of carbonyl (C=O) groups excluding carboxylic acids is 2. The first-order valence-corrected chi connectivity index (χ1v) is 14.4. The van der Waals surface area contributed by atoms with Crippen LogP contribution >= 0.6 is 0 Å². The monoisotopic (exact) mass is 497 g/mol. The van der Waals surface area contributed by atoms with Gasteiger partial charge in [0.15, 0.2) is 0 Å². The lowest BCUT2D eigenvalue weighted by Gasteiger charge is -2.43. The molecule has 192 valence electrons. The molecule has 1 N–H and O–H groups in total. The molecule has 0 aliphatic carbocycles. The van der Waals surface area contributed by atoms with E-state index >= 15 is 0 Å². The maximum Gasteiger partial charge on any atom is 0.407 e. The number of rotatable bonds is 10. The highest BCUT2D eigenvalue weighted by Crippen LogP contribution is 2.37. The average Bonchev–Trinajstić information content (AvgIpc) is 2.76. The van der Waals surface area contributed by atoms with Crippen LogP contribution < -0.4 is 15.7 Å². The lowest BCUT2D eigenvalue weighted by Crippen LogP contribution is -2.67. The van der Waals surface area contributed by atoms with E-state index in [1.807, 2.05) is 71.0 Å². The predicted molar refractivity (Wildman–Crippen MR) is 146 cm³/mol. The number of nitrogens with one attached hydrogen (secondary N) is 1. The van der Waals surface area contributed by atoms with Gasteiger partial charge in [-0.2, -0.15) is 0 Å². The smallest absolute Gasteiger partial charge is 0.407 e. The molecule has 0 saturated heterocycles. The number of benzene rings is 2. The van der Waals surface area contributed by atoms with E-state index in [0.29, 0.717) is 12.8 Å². The first kappa shape index (κ1) is 28.8. The summed E-state index contributed by atoms with van der Waals surface area (Å²) in [6, 6.07) is 20.4. The Morgan fingerprint density at radius 2 is 1.34 bits per heavy atom. The number of hydrogen-bond acceptors (Lipinski definition) is 4. The zero-order valence-electron chi connectivity index (χ0n) is 22.7. The summed E-state index contributed by atoms with van der Waals surface area (Å²) in [5.41, 5.74) is -0.610. The van der Waals surface area contributed by atoms with Crippen LogP contribution in [0.1, 0.15) is 68.2 Å². The van der Waals surface area contributed by atoms with Crippen LogP contribution in [0.4, 0.5) is 4.79 Å². The molecule has 0 spiro atoms. The van der Waals surface area contributed by atoms with Crippen LogP contribution in [0.25, 0.3) is 0 Å². The van der Waals surface area contributed by atoms with Crippen molar-refractivity contribution in [3.8, 4) is 0 Å². The zero-order valence-corrected chi connectivity index (χ0v) is 23.7. The van der Waals surface area contributed by atoms with E-state index in [0.717, 1.165) is 0 Å². The van der Waals surface area contributed by atoms with Crippen molar-refractivity contribution >= 4 is 30.6 Å². The molecule has 0 unspecified atom stereocenters. The summed E-state index contributed by atoms with van der Waals surface area (Å²) >= 11 is 0. The molecule has 0 saturated carbocycles. The minimum atomic E-state index is -2.77. The highest BCUT2D eigenvalue weighted by molar-refractivity contribution is 6.99. The third-order valence-corrected chi connectivity index (χ3v) is 11.0. The van der Waals surface area contributed by atoms with Crippen LogP contribution in [0.5, 0.6) is 0 Å². The molecule has 1 atom stereocenters. The fourth-order valence-electron chi connectivity index (χ4n) is 4.26. The van der Waals surface area contributed by atoms with E-state index in [-0.39, 0.29) is 29.4 Å². The second-order valence-corrected chi connectivity index (χ2v) is 15.8. The summed E-state index contributed by atoms with van der Waals surface area (Å²) in [5, 5.41) is 5.15. The van der Waals surface area contributed by atoms with Gasteiger partial charge in [0.25, 0.3) is 8.32 Å². The number of alkyl carbamates (subject to hydrolysis) is 1. The van der Waals surface area contributed by atoms with Crippen molar-refractivity contribution in [2.24, 2.45) is 5.92 Å². The van der Waals surface area contributed by atoms with Crippen molar-refractivity contribution in [2.75, 3.05) is 6.61 Å². The highest BCUT2D eigenvalue weighted by atomic mass is 28.4. The Balaban J connectivity index is 2.42. The first-order valence-electron chi connectivity index (χ1n) is 12.5. The molecule has 35 heavy (non-hydrogen) atoms. The van der Waals surface area contributed by atoms with E-state index in [9.17, 15) is 9.59 Å². The highest BCUT2D eigenvalue weighted by Gasteiger charge is 2.50. The largest absolute Gasteiger partial charge is 0.444 e. The average molecular weight is 498 g/mol. The Bertz CT molecular complexity index is 907. The number of ketones is 1. The molecule has 0 aliphatic rings. The maximum absolute atomic E-state index is 12.6. The minimum absolute atomic E-state index is 0.0465. The Labute approximate surface area is 212 Å². The Hall–Kier alpha value is -2.44. The first-order chi connectivity index (χ1) is 16.3. The third-order valence-electron chi connectivity index (χ3n) is 6.02. The predicted octanol–water partition coefficient (Wildman–Crippen LogP) is 5.46. The molecule has 1 amide bonds. The van der Waals surface area contributed by atoms with E-state index in [1.54, 1.807) is 0 Å². The molecular formula is C29H43NO4Si. The fourth-order valence-corrected chi connectivity index (χ4v) is 8.87. The molecule has 0 heterocycles. The van der Waals surface area contributed by atoms with Crippen LogP contribution in [-0.2, 0) is 14.0 Å². The van der Waals surface area contributed by atoms with Crippen molar-refractivity contribution < 1.29 is 18.8 Å². The zero-order chi connectivity index (χ0) is 26.3. The molecule has 0 fully saturated rings. The fraction of sp³-hybridized carbons (Fsp3) is 0.517. The van der Waals surface area contributed by atoms with Crippen molar-refractivity contribution in [3.63, 3.8) is 0 Å². The molecular weight excluding hydrogens is 454 g/mol. The molecule has 2 rings (SSSR count). The van der Waals surface area contributed by atoms with Gasteiger partial charge in [-0.1, -0.05) is 95.3 Å². The van der Waals surface area contributed by atoms with Gasteiger partial charge in [0.1, 0.15) is 11.4 Å². The second-order valence-electron chi connectivity index (χ2n) is 11.5. The number of amides is 1.